The van der Waals surface area contributed by atoms with Crippen LogP contribution in [0, 0.1) is 13.8 Å². The van der Waals surface area contributed by atoms with E-state index >= 15 is 0 Å². The summed E-state index contributed by atoms with van der Waals surface area (Å²) in [5.41, 5.74) is 1.03. The van der Waals surface area contributed by atoms with Crippen molar-refractivity contribution in [1.82, 2.24) is 4.98 Å². The van der Waals surface area contributed by atoms with E-state index in [9.17, 15) is 4.79 Å². The van der Waals surface area contributed by atoms with Crippen LogP contribution in [0.3, 0.4) is 0 Å². The van der Waals surface area contributed by atoms with Crippen LogP contribution in [0.4, 0.5) is 0 Å². The van der Waals surface area contributed by atoms with Gasteiger partial charge in [-0.3, -0.25) is 4.79 Å². The van der Waals surface area contributed by atoms with Crippen molar-refractivity contribution in [3.05, 3.63) is 36.4 Å². The molecule has 2 heterocycles. The van der Waals surface area contributed by atoms with Gasteiger partial charge < -0.3 is 0 Å². The SMILES string of the molecule is Cc1nc(CC(=O)c2cc(Br)cs2)sc1C. The molecule has 5 heteroatoms. The highest BCUT2D eigenvalue weighted by Crippen LogP contribution is 2.23. The fourth-order valence-corrected chi connectivity index (χ4v) is 3.60. The Morgan fingerprint density at radius 1 is 1.50 bits per heavy atom. The van der Waals surface area contributed by atoms with Crippen molar-refractivity contribution in [3.8, 4) is 0 Å². The maximum absolute atomic E-state index is 11.9. The number of carbonyl (C=O) groups is 1. The number of aryl methyl sites for hydroxylation is 2. The van der Waals surface area contributed by atoms with E-state index in [0.717, 1.165) is 20.1 Å². The molecular weight excluding hydrogens is 306 g/mol. The molecule has 0 spiro atoms. The average Bonchev–Trinajstić information content (AvgIpc) is 2.75. The Bertz CT molecular complexity index is 510. The zero-order valence-electron chi connectivity index (χ0n) is 8.91. The normalized spacial score (nSPS) is 10.7. The van der Waals surface area contributed by atoms with Gasteiger partial charge in [-0.25, -0.2) is 4.98 Å². The Kier molecular flexibility index (Phi) is 3.56. The minimum absolute atomic E-state index is 0.143. The van der Waals surface area contributed by atoms with Crippen LogP contribution in [-0.4, -0.2) is 10.8 Å². The maximum atomic E-state index is 11.9. The minimum Gasteiger partial charge on any atom is -0.293 e. The molecule has 0 aliphatic rings. The van der Waals surface area contributed by atoms with E-state index in [1.807, 2.05) is 25.3 Å². The summed E-state index contributed by atoms with van der Waals surface area (Å²) in [5.74, 6) is 0.143. The molecule has 0 saturated carbocycles. The predicted molar refractivity (Wildman–Crippen MR) is 71.6 cm³/mol. The van der Waals surface area contributed by atoms with Gasteiger partial charge >= 0.3 is 0 Å². The summed E-state index contributed by atoms with van der Waals surface area (Å²) in [6, 6.07) is 1.86. The number of hydrogen-bond acceptors (Lipinski definition) is 4. The summed E-state index contributed by atoms with van der Waals surface area (Å²) in [4.78, 5) is 18.3. The lowest BCUT2D eigenvalue weighted by molar-refractivity contribution is 0.0996. The standard InChI is InChI=1S/C11H10BrNOS2/c1-6-7(2)16-11(13-6)4-9(14)10-3-8(12)5-15-10/h3,5H,4H2,1-2H3. The van der Waals surface area contributed by atoms with Gasteiger partial charge in [0.05, 0.1) is 17.0 Å². The molecule has 0 aromatic carbocycles. The van der Waals surface area contributed by atoms with Gasteiger partial charge in [0.15, 0.2) is 5.78 Å². The predicted octanol–water partition coefficient (Wildman–Crippen LogP) is 4.01. The molecule has 0 radical (unpaired) electrons. The van der Waals surface area contributed by atoms with E-state index < -0.39 is 0 Å². The number of thiophene rings is 1. The van der Waals surface area contributed by atoms with Gasteiger partial charge in [-0.15, -0.1) is 22.7 Å². The van der Waals surface area contributed by atoms with Gasteiger partial charge in [-0.05, 0) is 35.8 Å². The average molecular weight is 316 g/mol. The van der Waals surface area contributed by atoms with Crippen LogP contribution in [0.25, 0.3) is 0 Å². The molecular formula is C11H10BrNOS2. The van der Waals surface area contributed by atoms with E-state index in [4.69, 9.17) is 0 Å². The van der Waals surface area contributed by atoms with Crippen molar-refractivity contribution in [3.63, 3.8) is 0 Å². The van der Waals surface area contributed by atoms with E-state index in [1.165, 1.54) is 16.2 Å². The number of thiazole rings is 1. The lowest BCUT2D eigenvalue weighted by atomic mass is 10.2. The molecule has 0 unspecified atom stereocenters. The lowest BCUT2D eigenvalue weighted by Crippen LogP contribution is -2.00. The van der Waals surface area contributed by atoms with Crippen molar-refractivity contribution >= 4 is 44.4 Å². The fourth-order valence-electron chi connectivity index (χ4n) is 1.30. The first-order valence-corrected chi connectivity index (χ1v) is 7.25. The Hall–Kier alpha value is -0.520. The molecule has 0 aliphatic carbocycles. The third-order valence-electron chi connectivity index (χ3n) is 2.23. The second kappa shape index (κ2) is 4.77. The highest BCUT2D eigenvalue weighted by atomic mass is 79.9. The van der Waals surface area contributed by atoms with Crippen LogP contribution in [0.1, 0.15) is 25.3 Å². The van der Waals surface area contributed by atoms with Crippen LogP contribution in [0.5, 0.6) is 0 Å². The van der Waals surface area contributed by atoms with Crippen LogP contribution < -0.4 is 0 Å². The lowest BCUT2D eigenvalue weighted by Gasteiger charge is -1.92. The van der Waals surface area contributed by atoms with Crippen LogP contribution >= 0.6 is 38.6 Å². The number of nitrogens with zero attached hydrogens (tertiary/aromatic N) is 1. The van der Waals surface area contributed by atoms with E-state index in [2.05, 4.69) is 20.9 Å². The van der Waals surface area contributed by atoms with Crippen molar-refractivity contribution < 1.29 is 4.79 Å². The summed E-state index contributed by atoms with van der Waals surface area (Å²) in [6.07, 6.45) is 0.409. The number of halogens is 1. The summed E-state index contributed by atoms with van der Waals surface area (Å²) >= 11 is 6.42. The van der Waals surface area contributed by atoms with Gasteiger partial charge in [0.2, 0.25) is 0 Å². The smallest absolute Gasteiger partial charge is 0.179 e. The second-order valence-corrected chi connectivity index (χ2v) is 6.59. The first-order chi connectivity index (χ1) is 7.56. The first-order valence-electron chi connectivity index (χ1n) is 4.76. The minimum atomic E-state index is 0.143. The topological polar surface area (TPSA) is 30.0 Å². The molecule has 0 fully saturated rings. The number of carbonyl (C=O) groups excluding carboxylic acids is 1. The molecule has 0 N–H and O–H groups in total. The Balaban J connectivity index is 2.13. The molecule has 0 saturated heterocycles. The van der Waals surface area contributed by atoms with E-state index in [-0.39, 0.29) is 5.78 Å². The maximum Gasteiger partial charge on any atom is 0.179 e. The van der Waals surface area contributed by atoms with Crippen LogP contribution in [0.2, 0.25) is 0 Å². The molecule has 84 valence electrons. The third kappa shape index (κ3) is 2.59. The summed E-state index contributed by atoms with van der Waals surface area (Å²) in [6.45, 7) is 4.00. The van der Waals surface area contributed by atoms with Gasteiger partial charge in [-0.1, -0.05) is 0 Å². The highest BCUT2D eigenvalue weighted by molar-refractivity contribution is 9.10. The molecule has 0 aliphatic heterocycles. The zero-order valence-corrected chi connectivity index (χ0v) is 12.1. The molecule has 2 aromatic heterocycles. The largest absolute Gasteiger partial charge is 0.293 e. The number of Topliss-reactive ketones (excluding diaryl/α,β-unsaturated/α-hetero) is 1. The Morgan fingerprint density at radius 2 is 2.25 bits per heavy atom. The summed E-state index contributed by atoms with van der Waals surface area (Å²) in [7, 11) is 0. The van der Waals surface area contributed by atoms with Crippen molar-refractivity contribution in [2.24, 2.45) is 0 Å². The molecule has 0 amide bonds. The molecule has 0 atom stereocenters. The van der Waals surface area contributed by atoms with Crippen molar-refractivity contribution in [2.45, 2.75) is 20.3 Å². The van der Waals surface area contributed by atoms with Gasteiger partial charge in [0.25, 0.3) is 0 Å². The van der Waals surface area contributed by atoms with Crippen LogP contribution in [-0.2, 0) is 6.42 Å². The van der Waals surface area contributed by atoms with E-state index in [0.29, 0.717) is 6.42 Å². The zero-order chi connectivity index (χ0) is 11.7. The quantitative estimate of drug-likeness (QED) is 0.801. The Morgan fingerprint density at radius 3 is 2.75 bits per heavy atom. The molecule has 2 rings (SSSR count). The fraction of sp³-hybridized carbons (Fsp3) is 0.273. The highest BCUT2D eigenvalue weighted by Gasteiger charge is 2.12. The second-order valence-electron chi connectivity index (χ2n) is 3.48. The number of aromatic nitrogens is 1. The van der Waals surface area contributed by atoms with Crippen LogP contribution in [0.15, 0.2) is 15.9 Å². The van der Waals surface area contributed by atoms with E-state index in [1.54, 1.807) is 11.3 Å². The number of rotatable bonds is 3. The monoisotopic (exact) mass is 315 g/mol. The Labute approximate surface area is 110 Å². The molecule has 16 heavy (non-hydrogen) atoms. The number of ketones is 1. The van der Waals surface area contributed by atoms with Gasteiger partial charge in [0.1, 0.15) is 5.01 Å². The summed E-state index contributed by atoms with van der Waals surface area (Å²) < 4.78 is 0.965. The van der Waals surface area contributed by atoms with Gasteiger partial charge in [0, 0.05) is 14.7 Å². The van der Waals surface area contributed by atoms with Crippen molar-refractivity contribution in [1.29, 1.82) is 0 Å². The summed E-state index contributed by atoms with van der Waals surface area (Å²) in [5, 5.41) is 2.83. The van der Waals surface area contributed by atoms with Gasteiger partial charge in [-0.2, -0.15) is 0 Å². The third-order valence-corrected chi connectivity index (χ3v) is 5.03. The molecule has 2 aromatic rings. The molecule has 2 nitrogen and oxygen atoms in total. The first kappa shape index (κ1) is 12.0. The van der Waals surface area contributed by atoms with Crippen molar-refractivity contribution in [2.75, 3.05) is 0 Å². The number of hydrogen-bond donors (Lipinski definition) is 0. The molecule has 0 bridgehead atoms.